The Morgan fingerprint density at radius 3 is 2.67 bits per heavy atom. The number of fused-ring (bicyclic) bond motifs is 3. The number of hydrogen-bond donors (Lipinski definition) is 0. The first-order valence-electron chi connectivity index (χ1n) is 13.8. The lowest BCUT2D eigenvalue weighted by Gasteiger charge is -2.44. The van der Waals surface area contributed by atoms with Crippen molar-refractivity contribution in [2.75, 3.05) is 27.1 Å². The molecule has 0 N–H and O–H groups in total. The van der Waals surface area contributed by atoms with Gasteiger partial charge in [-0.05, 0) is 41.5 Å². The van der Waals surface area contributed by atoms with Crippen molar-refractivity contribution in [3.63, 3.8) is 0 Å². The SMILES string of the molecule is [2H]C([2H])([2H])Oc1cc2c(cc1OC([2H])([2H])[2H])C([2H])([2H])C([2H])([2H])N1[C@H]2CC(=O)[C@@H](CC(C)(C)C)C1([2H])[2H]. The Balaban J connectivity index is 2.28. The summed E-state index contributed by atoms with van der Waals surface area (Å²) >= 11 is 0. The number of carbonyl (C=O) groups is 1. The number of benzene rings is 1. The molecular weight excluding hydrogens is 302 g/mol. The van der Waals surface area contributed by atoms with Gasteiger partial charge in [0.05, 0.1) is 22.3 Å². The quantitative estimate of drug-likeness (QED) is 0.840. The first-order valence-corrected chi connectivity index (χ1v) is 7.77. The number of Topliss-reactive ketones (excluding diaryl/α,β-unsaturated/α-hetero) is 1. The van der Waals surface area contributed by atoms with Crippen LogP contribution in [0.25, 0.3) is 0 Å². The van der Waals surface area contributed by atoms with E-state index in [1.165, 1.54) is 0 Å². The molecule has 24 heavy (non-hydrogen) atoms. The van der Waals surface area contributed by atoms with Crippen molar-refractivity contribution in [1.82, 2.24) is 4.90 Å². The highest BCUT2D eigenvalue weighted by atomic mass is 16.5. The van der Waals surface area contributed by atoms with E-state index in [0.717, 1.165) is 12.1 Å². The monoisotopic (exact) mass is 343 g/mol. The van der Waals surface area contributed by atoms with Crippen molar-refractivity contribution in [2.45, 2.75) is 46.0 Å². The van der Waals surface area contributed by atoms with Gasteiger partial charge < -0.3 is 9.47 Å². The average molecular weight is 344 g/mol. The molecule has 3 rings (SSSR count). The van der Waals surface area contributed by atoms with Gasteiger partial charge >= 0.3 is 0 Å². The van der Waals surface area contributed by atoms with Crippen molar-refractivity contribution in [3.8, 4) is 11.5 Å². The fourth-order valence-electron chi connectivity index (χ4n) is 3.12. The Labute approximate surface area is 162 Å². The van der Waals surface area contributed by atoms with E-state index in [1.807, 2.05) is 20.8 Å². The maximum atomic E-state index is 13.2. The van der Waals surface area contributed by atoms with Gasteiger partial charge in [0.1, 0.15) is 5.78 Å². The van der Waals surface area contributed by atoms with Crippen LogP contribution in [0.1, 0.15) is 67.2 Å². The molecule has 0 saturated carbocycles. The Bertz CT molecular complexity index is 1040. The third kappa shape index (κ3) is 3.30. The molecule has 0 bridgehead atoms. The fourth-order valence-corrected chi connectivity index (χ4v) is 3.12. The lowest BCUT2D eigenvalue weighted by atomic mass is 9.76. The first-order chi connectivity index (χ1) is 15.9. The van der Waals surface area contributed by atoms with Crippen molar-refractivity contribution in [1.29, 1.82) is 0 Å². The van der Waals surface area contributed by atoms with Gasteiger partial charge in [-0.25, -0.2) is 0 Å². The average Bonchev–Trinajstić information content (AvgIpc) is 2.61. The van der Waals surface area contributed by atoms with Crippen molar-refractivity contribution >= 4 is 5.78 Å². The zero-order valence-corrected chi connectivity index (χ0v) is 13.9. The van der Waals surface area contributed by atoms with Gasteiger partial charge in [-0.2, -0.15) is 0 Å². The summed E-state index contributed by atoms with van der Waals surface area (Å²) in [5, 5.41) is 0. The Morgan fingerprint density at radius 2 is 2.00 bits per heavy atom. The molecule has 2 heterocycles. The molecule has 0 spiro atoms. The van der Waals surface area contributed by atoms with Gasteiger partial charge in [0.25, 0.3) is 0 Å². The van der Waals surface area contributed by atoms with Gasteiger partial charge in [-0.1, -0.05) is 20.8 Å². The number of carbonyl (C=O) groups excluding carboxylic acids is 1. The van der Waals surface area contributed by atoms with Crippen LogP contribution in [-0.2, 0) is 11.2 Å². The largest absolute Gasteiger partial charge is 0.493 e. The molecule has 0 amide bonds. The van der Waals surface area contributed by atoms with E-state index in [4.69, 9.17) is 25.9 Å². The van der Waals surface area contributed by atoms with Crippen LogP contribution in [0.3, 0.4) is 0 Å². The molecular formula is C20H29NO3. The minimum absolute atomic E-state index is 0.0845. The van der Waals surface area contributed by atoms with E-state index >= 15 is 0 Å². The van der Waals surface area contributed by atoms with Crippen molar-refractivity contribution < 1.29 is 30.7 Å². The number of ketones is 1. The summed E-state index contributed by atoms with van der Waals surface area (Å²) < 4.78 is 106. The van der Waals surface area contributed by atoms with Gasteiger partial charge in [0.15, 0.2) is 11.5 Å². The van der Waals surface area contributed by atoms with Gasteiger partial charge in [-0.3, -0.25) is 9.69 Å². The number of nitrogens with zero attached hydrogens (tertiary/aromatic N) is 1. The van der Waals surface area contributed by atoms with E-state index in [2.05, 4.69) is 0 Å². The van der Waals surface area contributed by atoms with Crippen molar-refractivity contribution in [3.05, 3.63) is 23.3 Å². The summed E-state index contributed by atoms with van der Waals surface area (Å²) in [6, 6.07) is 0.554. The summed E-state index contributed by atoms with van der Waals surface area (Å²) in [7, 11) is -6.11. The van der Waals surface area contributed by atoms with E-state index in [0.29, 0.717) is 4.90 Å². The number of hydrogen-bond acceptors (Lipinski definition) is 4. The van der Waals surface area contributed by atoms with E-state index in [9.17, 15) is 4.79 Å². The number of aryl methyl sites for hydroxylation is 1. The fraction of sp³-hybridized carbons (Fsp3) is 0.650. The highest BCUT2D eigenvalue weighted by molar-refractivity contribution is 5.83. The molecule has 0 radical (unpaired) electrons. The second kappa shape index (κ2) is 6.40. The Kier molecular flexibility index (Phi) is 2.07. The lowest BCUT2D eigenvalue weighted by molar-refractivity contribution is -0.130. The summed E-state index contributed by atoms with van der Waals surface area (Å²) in [6.07, 6.45) is -3.19. The van der Waals surface area contributed by atoms with E-state index < -0.39 is 68.1 Å². The van der Waals surface area contributed by atoms with E-state index in [-0.39, 0.29) is 24.0 Å². The Hall–Kier alpha value is -1.55. The lowest BCUT2D eigenvalue weighted by Crippen LogP contribution is -2.47. The molecule has 1 fully saturated rings. The van der Waals surface area contributed by atoms with E-state index in [1.54, 1.807) is 0 Å². The number of ether oxygens (including phenoxy) is 2. The molecule has 0 unspecified atom stereocenters. The molecule has 0 aliphatic carbocycles. The van der Waals surface area contributed by atoms with Crippen molar-refractivity contribution in [2.24, 2.45) is 11.3 Å². The standard InChI is InChI=1S/C20H29NO3/c1-20(2,3)11-14-12-21-7-6-13-8-18(23-4)19(24-5)9-15(13)16(21)10-17(14)22/h8-9,14,16H,6-7,10-12H2,1-5H3/t14-,16-/m0/s1/i4D3,5D3,6D2,7D2,12D2. The second-order valence-electron chi connectivity index (χ2n) is 7.33. The molecule has 0 aromatic heterocycles. The van der Waals surface area contributed by atoms with Crippen LogP contribution in [-0.4, -0.2) is 37.8 Å². The normalized spacial score (nSPS) is 39.0. The Morgan fingerprint density at radius 1 is 1.29 bits per heavy atom. The minimum Gasteiger partial charge on any atom is -0.493 e. The van der Waals surface area contributed by atoms with Crippen LogP contribution in [0.5, 0.6) is 11.5 Å². The first kappa shape index (κ1) is 7.77. The third-order valence-electron chi connectivity index (χ3n) is 4.21. The highest BCUT2D eigenvalue weighted by Crippen LogP contribution is 2.43. The van der Waals surface area contributed by atoms with Crippen LogP contribution in [0, 0.1) is 11.3 Å². The molecule has 1 aromatic carbocycles. The smallest absolute Gasteiger partial charge is 0.161 e. The maximum absolute atomic E-state index is 13.2. The molecule has 1 aromatic rings. The number of methoxy groups -OCH3 is 2. The number of rotatable bonds is 3. The molecule has 4 heteroatoms. The van der Waals surface area contributed by atoms with Crippen LogP contribution in [0.15, 0.2) is 12.1 Å². The molecule has 132 valence electrons. The maximum Gasteiger partial charge on any atom is 0.161 e. The second-order valence-corrected chi connectivity index (χ2v) is 7.33. The molecule has 4 nitrogen and oxygen atoms in total. The molecule has 2 atom stereocenters. The molecule has 2 aliphatic rings. The molecule has 1 saturated heterocycles. The number of piperidine rings is 1. The van der Waals surface area contributed by atoms with Gasteiger partial charge in [0.2, 0.25) is 0 Å². The molecule has 2 aliphatic heterocycles. The predicted octanol–water partition coefficient (Wildman–Crippen LogP) is 3.63. The minimum atomic E-state index is -3.06. The van der Waals surface area contributed by atoms with Gasteiger partial charge in [0, 0.05) is 39.6 Å². The topological polar surface area (TPSA) is 38.8 Å². The summed E-state index contributed by atoms with van der Waals surface area (Å²) in [6.45, 7) is -0.137. The van der Waals surface area contributed by atoms with Crippen LogP contribution >= 0.6 is 0 Å². The van der Waals surface area contributed by atoms with Crippen LogP contribution < -0.4 is 9.47 Å². The van der Waals surface area contributed by atoms with Crippen LogP contribution in [0.4, 0.5) is 0 Å². The van der Waals surface area contributed by atoms with Gasteiger partial charge in [-0.15, -0.1) is 0 Å². The highest BCUT2D eigenvalue weighted by Gasteiger charge is 2.39. The summed E-state index contributed by atoms with van der Waals surface area (Å²) in [5.74, 6) is -2.94. The summed E-state index contributed by atoms with van der Waals surface area (Å²) in [4.78, 5) is 13.9. The zero-order valence-electron chi connectivity index (χ0n) is 25.9. The summed E-state index contributed by atoms with van der Waals surface area (Å²) in [5.41, 5.74) is -0.954. The predicted molar refractivity (Wildman–Crippen MR) is 94.8 cm³/mol. The zero-order chi connectivity index (χ0) is 27.9. The van der Waals surface area contributed by atoms with Crippen LogP contribution in [0.2, 0.25) is 0 Å². The third-order valence-corrected chi connectivity index (χ3v) is 4.21.